The van der Waals surface area contributed by atoms with Crippen LogP contribution in [-0.2, 0) is 18.5 Å². The van der Waals surface area contributed by atoms with Gasteiger partial charge in [0.05, 0.1) is 22.9 Å². The molecule has 132 valence electrons. The van der Waals surface area contributed by atoms with Gasteiger partial charge in [-0.3, -0.25) is 9.48 Å². The van der Waals surface area contributed by atoms with Crippen molar-refractivity contribution in [3.8, 4) is 0 Å². The van der Waals surface area contributed by atoms with Gasteiger partial charge < -0.3 is 10.0 Å². The molecule has 0 spiro atoms. The van der Waals surface area contributed by atoms with Crippen molar-refractivity contribution in [2.24, 2.45) is 0 Å². The molecule has 1 N–H and O–H groups in total. The Morgan fingerprint density at radius 2 is 1.92 bits per heavy atom. The first-order valence-corrected chi connectivity index (χ1v) is 8.38. The molecule has 0 saturated heterocycles. The van der Waals surface area contributed by atoms with E-state index in [0.717, 1.165) is 23.2 Å². The first-order chi connectivity index (χ1) is 11.7. The van der Waals surface area contributed by atoms with Crippen molar-refractivity contribution in [1.29, 1.82) is 0 Å². The highest BCUT2D eigenvalue weighted by atomic mass is 16.4. The Kier molecular flexibility index (Phi) is 4.14. The van der Waals surface area contributed by atoms with E-state index < -0.39 is 5.97 Å². The number of rotatable bonds is 2. The van der Waals surface area contributed by atoms with Gasteiger partial charge in [0.2, 0.25) is 0 Å². The quantitative estimate of drug-likeness (QED) is 0.911. The van der Waals surface area contributed by atoms with Crippen LogP contribution in [0, 0.1) is 6.92 Å². The third kappa shape index (κ3) is 3.16. The molecule has 6 heteroatoms. The minimum Gasteiger partial charge on any atom is -0.478 e. The lowest BCUT2D eigenvalue weighted by Gasteiger charge is -2.29. The SMILES string of the molecule is Cc1c(C(=O)N2CCc3ccc(C(=O)O)cc3C2)cnn1C(C)(C)C. The number of aromatic nitrogens is 2. The van der Waals surface area contributed by atoms with Gasteiger partial charge >= 0.3 is 5.97 Å². The Morgan fingerprint density at radius 1 is 1.20 bits per heavy atom. The molecular formula is C19H23N3O3. The van der Waals surface area contributed by atoms with Crippen molar-refractivity contribution in [3.05, 3.63) is 52.3 Å². The van der Waals surface area contributed by atoms with Crippen molar-refractivity contribution >= 4 is 11.9 Å². The average Bonchev–Trinajstić information content (AvgIpc) is 2.94. The van der Waals surface area contributed by atoms with E-state index in [-0.39, 0.29) is 17.0 Å². The normalized spacial score (nSPS) is 14.3. The van der Waals surface area contributed by atoms with Crippen LogP contribution in [0.15, 0.2) is 24.4 Å². The fraction of sp³-hybridized carbons (Fsp3) is 0.421. The molecule has 2 heterocycles. The number of carbonyl (C=O) groups excluding carboxylic acids is 1. The van der Waals surface area contributed by atoms with Crippen LogP contribution in [0.1, 0.15) is 58.3 Å². The summed E-state index contributed by atoms with van der Waals surface area (Å²) in [5.41, 5.74) is 3.53. The molecule has 0 bridgehead atoms. The summed E-state index contributed by atoms with van der Waals surface area (Å²) in [7, 11) is 0. The fourth-order valence-corrected chi connectivity index (χ4v) is 3.33. The summed E-state index contributed by atoms with van der Waals surface area (Å²) < 4.78 is 1.86. The molecule has 0 unspecified atom stereocenters. The Balaban J connectivity index is 1.87. The van der Waals surface area contributed by atoms with Gasteiger partial charge in [-0.05, 0) is 57.4 Å². The minimum atomic E-state index is -0.950. The lowest BCUT2D eigenvalue weighted by molar-refractivity contribution is 0.0696. The minimum absolute atomic E-state index is 0.0561. The number of carboxylic acids is 1. The molecular weight excluding hydrogens is 318 g/mol. The predicted molar refractivity (Wildman–Crippen MR) is 93.8 cm³/mol. The Morgan fingerprint density at radius 3 is 2.52 bits per heavy atom. The maximum atomic E-state index is 12.9. The third-order valence-corrected chi connectivity index (χ3v) is 4.63. The molecule has 1 aromatic carbocycles. The van der Waals surface area contributed by atoms with Crippen molar-refractivity contribution in [2.75, 3.05) is 6.54 Å². The first-order valence-electron chi connectivity index (χ1n) is 8.38. The number of fused-ring (bicyclic) bond motifs is 1. The second-order valence-corrected chi connectivity index (χ2v) is 7.49. The third-order valence-electron chi connectivity index (χ3n) is 4.63. The van der Waals surface area contributed by atoms with Gasteiger partial charge in [-0.15, -0.1) is 0 Å². The highest BCUT2D eigenvalue weighted by molar-refractivity contribution is 5.95. The molecule has 0 atom stereocenters. The van der Waals surface area contributed by atoms with Crippen LogP contribution >= 0.6 is 0 Å². The van der Waals surface area contributed by atoms with Crippen molar-refractivity contribution in [2.45, 2.75) is 46.2 Å². The molecule has 25 heavy (non-hydrogen) atoms. The number of benzene rings is 1. The van der Waals surface area contributed by atoms with Crippen molar-refractivity contribution in [3.63, 3.8) is 0 Å². The summed E-state index contributed by atoms with van der Waals surface area (Å²) in [6, 6.07) is 5.14. The summed E-state index contributed by atoms with van der Waals surface area (Å²) >= 11 is 0. The van der Waals surface area contributed by atoms with Gasteiger partial charge in [-0.25, -0.2) is 4.79 Å². The number of aromatic carboxylic acids is 1. The van der Waals surface area contributed by atoms with Crippen LogP contribution in [0.4, 0.5) is 0 Å². The number of nitrogens with zero attached hydrogens (tertiary/aromatic N) is 3. The van der Waals surface area contributed by atoms with Crippen LogP contribution < -0.4 is 0 Å². The van der Waals surface area contributed by atoms with E-state index in [9.17, 15) is 9.59 Å². The molecule has 0 saturated carbocycles. The van der Waals surface area contributed by atoms with Gasteiger partial charge in [0, 0.05) is 18.8 Å². The van der Waals surface area contributed by atoms with Crippen LogP contribution in [0.5, 0.6) is 0 Å². The zero-order valence-corrected chi connectivity index (χ0v) is 15.0. The van der Waals surface area contributed by atoms with Gasteiger partial charge in [0.25, 0.3) is 5.91 Å². The monoisotopic (exact) mass is 341 g/mol. The lowest BCUT2D eigenvalue weighted by Crippen LogP contribution is -2.36. The van der Waals surface area contributed by atoms with Gasteiger partial charge in [0.1, 0.15) is 0 Å². The molecule has 1 aliphatic rings. The van der Waals surface area contributed by atoms with Crippen LogP contribution in [0.25, 0.3) is 0 Å². The zero-order chi connectivity index (χ0) is 18.4. The average molecular weight is 341 g/mol. The fourth-order valence-electron chi connectivity index (χ4n) is 3.33. The number of carbonyl (C=O) groups is 2. The van der Waals surface area contributed by atoms with Gasteiger partial charge in [0.15, 0.2) is 0 Å². The highest BCUT2D eigenvalue weighted by Crippen LogP contribution is 2.24. The van der Waals surface area contributed by atoms with E-state index in [2.05, 4.69) is 5.10 Å². The van der Waals surface area contributed by atoms with E-state index in [4.69, 9.17) is 5.11 Å². The van der Waals surface area contributed by atoms with Gasteiger partial charge in [-0.2, -0.15) is 5.10 Å². The van der Waals surface area contributed by atoms with Gasteiger partial charge in [-0.1, -0.05) is 6.07 Å². The molecule has 0 aliphatic carbocycles. The molecule has 0 radical (unpaired) electrons. The van der Waals surface area contributed by atoms with E-state index in [1.165, 1.54) is 0 Å². The number of carboxylic acid groups (broad SMARTS) is 1. The predicted octanol–water partition coefficient (Wildman–Crippen LogP) is 2.84. The van der Waals surface area contributed by atoms with Crippen molar-refractivity contribution < 1.29 is 14.7 Å². The first kappa shape index (κ1) is 17.2. The Labute approximate surface area is 147 Å². The molecule has 3 rings (SSSR count). The maximum Gasteiger partial charge on any atom is 0.335 e. The number of hydrogen-bond donors (Lipinski definition) is 1. The summed E-state index contributed by atoms with van der Waals surface area (Å²) in [5.74, 6) is -1.01. The summed E-state index contributed by atoms with van der Waals surface area (Å²) in [6.07, 6.45) is 2.36. The van der Waals surface area contributed by atoms with E-state index in [1.807, 2.05) is 38.4 Å². The highest BCUT2D eigenvalue weighted by Gasteiger charge is 2.27. The van der Waals surface area contributed by atoms with Crippen LogP contribution in [-0.4, -0.2) is 38.2 Å². The largest absolute Gasteiger partial charge is 0.478 e. The molecule has 1 amide bonds. The number of hydrogen-bond acceptors (Lipinski definition) is 3. The summed E-state index contributed by atoms with van der Waals surface area (Å²) in [5, 5.41) is 13.5. The van der Waals surface area contributed by atoms with E-state index in [1.54, 1.807) is 23.2 Å². The lowest BCUT2D eigenvalue weighted by atomic mass is 9.97. The number of amides is 1. The second kappa shape index (κ2) is 6.02. The zero-order valence-electron chi connectivity index (χ0n) is 15.0. The Bertz CT molecular complexity index is 846. The summed E-state index contributed by atoms with van der Waals surface area (Å²) in [6.45, 7) is 9.10. The Hall–Kier alpha value is -2.63. The summed E-state index contributed by atoms with van der Waals surface area (Å²) in [4.78, 5) is 25.9. The van der Waals surface area contributed by atoms with Crippen LogP contribution in [0.2, 0.25) is 0 Å². The molecule has 1 aromatic heterocycles. The second-order valence-electron chi connectivity index (χ2n) is 7.49. The van der Waals surface area contributed by atoms with E-state index >= 15 is 0 Å². The topological polar surface area (TPSA) is 75.4 Å². The van der Waals surface area contributed by atoms with E-state index in [0.29, 0.717) is 18.7 Å². The standard InChI is InChI=1S/C19H23N3O3/c1-12-16(10-20-22(12)19(2,3)4)17(23)21-8-7-13-5-6-14(18(24)25)9-15(13)11-21/h5-6,9-10H,7-8,11H2,1-4H3,(H,24,25). The smallest absolute Gasteiger partial charge is 0.335 e. The molecule has 6 nitrogen and oxygen atoms in total. The molecule has 2 aromatic rings. The molecule has 0 fully saturated rings. The van der Waals surface area contributed by atoms with Crippen LogP contribution in [0.3, 0.4) is 0 Å². The maximum absolute atomic E-state index is 12.9. The molecule has 1 aliphatic heterocycles. The van der Waals surface area contributed by atoms with Crippen molar-refractivity contribution in [1.82, 2.24) is 14.7 Å².